The highest BCUT2D eigenvalue weighted by atomic mass is 32.1. The zero-order valence-electron chi connectivity index (χ0n) is 5.16. The molecule has 0 aromatic carbocycles. The Kier molecular flexibility index (Phi) is 2.13. The minimum atomic E-state index is 0.0703. The third kappa shape index (κ3) is 1.25. The van der Waals surface area contributed by atoms with Gasteiger partial charge >= 0.3 is 0 Å². The van der Waals surface area contributed by atoms with Crippen LogP contribution >= 0.6 is 11.5 Å². The van der Waals surface area contributed by atoms with E-state index < -0.39 is 0 Å². The van der Waals surface area contributed by atoms with Crippen molar-refractivity contribution in [3.05, 3.63) is 10.6 Å². The van der Waals surface area contributed by atoms with Gasteiger partial charge in [-0.15, -0.1) is 5.10 Å². The third-order valence-electron chi connectivity index (χ3n) is 1.11. The summed E-state index contributed by atoms with van der Waals surface area (Å²) in [5.74, 6) is 0. The Morgan fingerprint density at radius 2 is 2.44 bits per heavy atom. The maximum Gasteiger partial charge on any atom is 0.0809 e. The van der Waals surface area contributed by atoms with Gasteiger partial charge in [0.25, 0.3) is 0 Å². The van der Waals surface area contributed by atoms with Gasteiger partial charge in [-0.25, -0.2) is 0 Å². The first kappa shape index (κ1) is 6.64. The molecule has 1 heterocycles. The fourth-order valence-electron chi connectivity index (χ4n) is 0.615. The number of rotatable bonds is 2. The fourth-order valence-corrected chi connectivity index (χ4v) is 1.20. The van der Waals surface area contributed by atoms with Crippen LogP contribution < -0.4 is 0 Å². The van der Waals surface area contributed by atoms with Gasteiger partial charge < -0.3 is 5.11 Å². The normalized spacial score (nSPS) is 10.0. The summed E-state index contributed by atoms with van der Waals surface area (Å²) in [4.78, 5) is 0.887. The predicted octanol–water partition coefficient (Wildman–Crippen LogP) is 0.593. The Hall–Kier alpha value is -0.480. The van der Waals surface area contributed by atoms with Crippen molar-refractivity contribution in [2.24, 2.45) is 0 Å². The Morgan fingerprint density at radius 3 is 2.89 bits per heavy atom. The molecule has 0 saturated heterocycles. The zero-order chi connectivity index (χ0) is 6.69. The van der Waals surface area contributed by atoms with Crippen molar-refractivity contribution in [1.29, 1.82) is 0 Å². The van der Waals surface area contributed by atoms with Crippen LogP contribution in [-0.2, 0) is 13.0 Å². The SMILES string of the molecule is CCc1nnsc1CO. The highest BCUT2D eigenvalue weighted by Crippen LogP contribution is 2.09. The number of hydrogen-bond donors (Lipinski definition) is 1. The summed E-state index contributed by atoms with van der Waals surface area (Å²) in [5.41, 5.74) is 0.919. The van der Waals surface area contributed by atoms with E-state index in [2.05, 4.69) is 9.59 Å². The first-order valence-corrected chi connectivity index (χ1v) is 3.56. The largest absolute Gasteiger partial charge is 0.391 e. The van der Waals surface area contributed by atoms with E-state index in [-0.39, 0.29) is 6.61 Å². The first-order chi connectivity index (χ1) is 4.38. The van der Waals surface area contributed by atoms with Crippen LogP contribution in [0.2, 0.25) is 0 Å². The van der Waals surface area contributed by atoms with Gasteiger partial charge in [0.15, 0.2) is 0 Å². The molecule has 50 valence electrons. The molecule has 4 heteroatoms. The second kappa shape index (κ2) is 2.89. The second-order valence-electron chi connectivity index (χ2n) is 1.65. The fraction of sp³-hybridized carbons (Fsp3) is 0.600. The monoisotopic (exact) mass is 144 g/mol. The van der Waals surface area contributed by atoms with Gasteiger partial charge in [-0.2, -0.15) is 0 Å². The molecule has 1 aromatic heterocycles. The lowest BCUT2D eigenvalue weighted by molar-refractivity contribution is 0.284. The minimum absolute atomic E-state index is 0.0703. The molecule has 0 aliphatic heterocycles. The summed E-state index contributed by atoms with van der Waals surface area (Å²) < 4.78 is 3.70. The molecule has 0 fully saturated rings. The van der Waals surface area contributed by atoms with Crippen LogP contribution in [-0.4, -0.2) is 14.7 Å². The number of nitrogens with zero attached hydrogens (tertiary/aromatic N) is 2. The highest BCUT2D eigenvalue weighted by Gasteiger charge is 2.01. The van der Waals surface area contributed by atoms with Crippen molar-refractivity contribution in [1.82, 2.24) is 9.59 Å². The van der Waals surface area contributed by atoms with E-state index in [9.17, 15) is 0 Å². The van der Waals surface area contributed by atoms with Crippen molar-refractivity contribution in [3.63, 3.8) is 0 Å². The summed E-state index contributed by atoms with van der Waals surface area (Å²) >= 11 is 1.26. The molecular weight excluding hydrogens is 136 g/mol. The van der Waals surface area contributed by atoms with Crippen molar-refractivity contribution in [2.75, 3.05) is 0 Å². The van der Waals surface area contributed by atoms with Crippen LogP contribution in [0.5, 0.6) is 0 Å². The highest BCUT2D eigenvalue weighted by molar-refractivity contribution is 7.05. The quantitative estimate of drug-likeness (QED) is 0.661. The molecule has 0 amide bonds. The molecule has 0 bridgehead atoms. The van der Waals surface area contributed by atoms with Gasteiger partial charge in [0.05, 0.1) is 17.2 Å². The van der Waals surface area contributed by atoms with Crippen LogP contribution in [0.1, 0.15) is 17.5 Å². The summed E-state index contributed by atoms with van der Waals surface area (Å²) in [7, 11) is 0. The van der Waals surface area contributed by atoms with Crippen molar-refractivity contribution >= 4 is 11.5 Å². The lowest BCUT2D eigenvalue weighted by Crippen LogP contribution is -1.86. The molecule has 0 atom stereocenters. The van der Waals surface area contributed by atoms with Gasteiger partial charge in [0.1, 0.15) is 0 Å². The van der Waals surface area contributed by atoms with E-state index in [1.165, 1.54) is 11.5 Å². The topological polar surface area (TPSA) is 46.0 Å². The Labute approximate surface area is 57.5 Å². The predicted molar refractivity (Wildman–Crippen MR) is 35.2 cm³/mol. The number of hydrogen-bond acceptors (Lipinski definition) is 4. The lowest BCUT2D eigenvalue weighted by Gasteiger charge is -1.88. The van der Waals surface area contributed by atoms with E-state index in [0.29, 0.717) is 0 Å². The van der Waals surface area contributed by atoms with Crippen molar-refractivity contribution in [2.45, 2.75) is 20.0 Å². The molecule has 0 spiro atoms. The number of aliphatic hydroxyl groups excluding tert-OH is 1. The Bertz CT molecular complexity index is 168. The average molecular weight is 144 g/mol. The van der Waals surface area contributed by atoms with E-state index in [4.69, 9.17) is 5.11 Å². The van der Waals surface area contributed by atoms with Gasteiger partial charge in [0.2, 0.25) is 0 Å². The van der Waals surface area contributed by atoms with Gasteiger partial charge in [-0.3, -0.25) is 0 Å². The van der Waals surface area contributed by atoms with Crippen molar-refractivity contribution in [3.8, 4) is 0 Å². The third-order valence-corrected chi connectivity index (χ3v) is 1.86. The van der Waals surface area contributed by atoms with Crippen LogP contribution in [0, 0.1) is 0 Å². The number of aryl methyl sites for hydroxylation is 1. The second-order valence-corrected chi connectivity index (χ2v) is 2.49. The molecule has 9 heavy (non-hydrogen) atoms. The van der Waals surface area contributed by atoms with E-state index in [0.717, 1.165) is 17.0 Å². The van der Waals surface area contributed by atoms with E-state index in [1.807, 2.05) is 6.92 Å². The Morgan fingerprint density at radius 1 is 1.67 bits per heavy atom. The molecule has 0 aliphatic carbocycles. The van der Waals surface area contributed by atoms with E-state index in [1.54, 1.807) is 0 Å². The summed E-state index contributed by atoms with van der Waals surface area (Å²) in [6.07, 6.45) is 0.854. The summed E-state index contributed by atoms with van der Waals surface area (Å²) in [5, 5.41) is 12.5. The molecule has 1 rings (SSSR count). The lowest BCUT2D eigenvalue weighted by atomic mass is 10.3. The molecule has 0 aliphatic rings. The van der Waals surface area contributed by atoms with Gasteiger partial charge in [0, 0.05) is 0 Å². The zero-order valence-corrected chi connectivity index (χ0v) is 5.98. The van der Waals surface area contributed by atoms with E-state index >= 15 is 0 Å². The first-order valence-electron chi connectivity index (χ1n) is 2.79. The average Bonchev–Trinajstić information content (AvgIpc) is 2.33. The van der Waals surface area contributed by atoms with Crippen LogP contribution in [0.25, 0.3) is 0 Å². The van der Waals surface area contributed by atoms with Crippen LogP contribution in [0.3, 0.4) is 0 Å². The standard InChI is InChI=1S/C5H8N2OS/c1-2-4-5(3-8)9-7-6-4/h8H,2-3H2,1H3. The molecule has 3 nitrogen and oxygen atoms in total. The summed E-state index contributed by atoms with van der Waals surface area (Å²) in [6, 6.07) is 0. The van der Waals surface area contributed by atoms with Crippen LogP contribution in [0.15, 0.2) is 0 Å². The minimum Gasteiger partial charge on any atom is -0.391 e. The maximum atomic E-state index is 8.67. The molecular formula is C5H8N2OS. The van der Waals surface area contributed by atoms with Gasteiger partial charge in [-0.05, 0) is 18.0 Å². The smallest absolute Gasteiger partial charge is 0.0809 e. The number of aliphatic hydroxyl groups is 1. The van der Waals surface area contributed by atoms with Gasteiger partial charge in [-0.1, -0.05) is 11.4 Å². The molecule has 1 N–H and O–H groups in total. The van der Waals surface area contributed by atoms with Crippen molar-refractivity contribution < 1.29 is 5.11 Å². The maximum absolute atomic E-state index is 8.67. The molecule has 0 radical (unpaired) electrons. The number of aromatic nitrogens is 2. The molecule has 0 saturated carbocycles. The Balaban J connectivity index is 2.85. The summed E-state index contributed by atoms with van der Waals surface area (Å²) in [6.45, 7) is 2.07. The molecule has 1 aromatic rings. The molecule has 0 unspecified atom stereocenters. The van der Waals surface area contributed by atoms with Crippen LogP contribution in [0.4, 0.5) is 0 Å².